The maximum Gasteiger partial charge on any atom is 0.574 e. The fourth-order valence-corrected chi connectivity index (χ4v) is 1.63. The summed E-state index contributed by atoms with van der Waals surface area (Å²) >= 11 is 5.26. The lowest BCUT2D eigenvalue weighted by molar-refractivity contribution is -0.276. The van der Waals surface area contributed by atoms with Crippen molar-refractivity contribution in [3.63, 3.8) is 0 Å². The summed E-state index contributed by atoms with van der Waals surface area (Å²) in [6.07, 6.45) is -10.2. The Morgan fingerprint density at radius 3 is 2.27 bits per heavy atom. The van der Waals surface area contributed by atoms with Crippen molar-refractivity contribution in [3.05, 3.63) is 22.9 Å². The fourth-order valence-electron chi connectivity index (χ4n) is 1.42. The molecule has 4 nitrogen and oxygen atoms in total. The van der Waals surface area contributed by atoms with E-state index in [1.165, 1.54) is 6.92 Å². The molecule has 0 aromatic carbocycles. The van der Waals surface area contributed by atoms with E-state index in [2.05, 4.69) is 14.5 Å². The molecule has 0 radical (unpaired) electrons. The Balaban J connectivity index is 3.50. The molecule has 1 aromatic heterocycles. The van der Waals surface area contributed by atoms with Gasteiger partial charge in [0.25, 0.3) is 0 Å². The maximum absolute atomic E-state index is 12.8. The maximum atomic E-state index is 12.8. The van der Waals surface area contributed by atoms with E-state index < -0.39 is 47.1 Å². The van der Waals surface area contributed by atoms with Crippen molar-refractivity contribution in [2.45, 2.75) is 25.3 Å². The van der Waals surface area contributed by atoms with Crippen LogP contribution < -0.4 is 4.74 Å². The summed E-state index contributed by atoms with van der Waals surface area (Å²) < 4.78 is 83.1. The molecule has 0 bridgehead atoms. The molecular weight excluding hydrogens is 344 g/mol. The molecule has 0 amide bonds. The van der Waals surface area contributed by atoms with Gasteiger partial charge < -0.3 is 9.47 Å². The van der Waals surface area contributed by atoms with Crippen LogP contribution >= 0.6 is 11.6 Å². The van der Waals surface area contributed by atoms with E-state index in [9.17, 15) is 31.1 Å². The first kappa shape index (κ1) is 18.3. The zero-order valence-electron chi connectivity index (χ0n) is 10.8. The minimum absolute atomic E-state index is 0.170. The second-order valence-electron chi connectivity index (χ2n) is 3.74. The zero-order valence-corrected chi connectivity index (χ0v) is 11.6. The van der Waals surface area contributed by atoms with Gasteiger partial charge in [-0.05, 0) is 13.0 Å². The molecule has 124 valence electrons. The minimum Gasteiger partial charge on any atom is -0.462 e. The number of hydrogen-bond acceptors (Lipinski definition) is 4. The third-order valence-electron chi connectivity index (χ3n) is 2.21. The number of nitrogens with zero attached hydrogens (tertiary/aromatic N) is 1. The Hall–Kier alpha value is -1.71. The smallest absolute Gasteiger partial charge is 0.462 e. The molecule has 22 heavy (non-hydrogen) atoms. The van der Waals surface area contributed by atoms with Gasteiger partial charge in [0.2, 0.25) is 5.88 Å². The van der Waals surface area contributed by atoms with E-state index in [0.29, 0.717) is 0 Å². The molecule has 11 heteroatoms. The number of carbonyl (C=O) groups excluding carboxylic acids is 1. The molecule has 0 spiro atoms. The van der Waals surface area contributed by atoms with E-state index in [-0.39, 0.29) is 12.7 Å². The lowest BCUT2D eigenvalue weighted by atomic mass is 10.1. The van der Waals surface area contributed by atoms with E-state index >= 15 is 0 Å². The SMILES string of the molecule is CCOC(=O)c1cc(C(F)(F)F)c(CCl)nc1OC(F)(F)F. The van der Waals surface area contributed by atoms with Crippen LogP contribution in [0.25, 0.3) is 0 Å². The van der Waals surface area contributed by atoms with Gasteiger partial charge in [-0.2, -0.15) is 13.2 Å². The Morgan fingerprint density at radius 2 is 1.86 bits per heavy atom. The highest BCUT2D eigenvalue weighted by Gasteiger charge is 2.39. The van der Waals surface area contributed by atoms with E-state index in [0.717, 1.165) is 0 Å². The van der Waals surface area contributed by atoms with Gasteiger partial charge in [-0.3, -0.25) is 0 Å². The number of hydrogen-bond donors (Lipinski definition) is 0. The Bertz CT molecular complexity index is 558. The van der Waals surface area contributed by atoms with Gasteiger partial charge in [0.1, 0.15) is 5.56 Å². The van der Waals surface area contributed by atoms with Gasteiger partial charge >= 0.3 is 18.5 Å². The third kappa shape index (κ3) is 4.65. The number of pyridine rings is 1. The van der Waals surface area contributed by atoms with Crippen LogP contribution in [-0.4, -0.2) is 23.9 Å². The molecule has 1 heterocycles. The number of carbonyl (C=O) groups is 1. The third-order valence-corrected chi connectivity index (χ3v) is 2.46. The van der Waals surface area contributed by atoms with E-state index in [1.807, 2.05) is 0 Å². The van der Waals surface area contributed by atoms with Crippen molar-refractivity contribution in [1.29, 1.82) is 0 Å². The summed E-state index contributed by atoms with van der Waals surface area (Å²) in [5.74, 6) is -3.61. The first-order valence-corrected chi connectivity index (χ1v) is 6.13. The van der Waals surface area contributed by atoms with Gasteiger partial charge in [0.15, 0.2) is 0 Å². The molecule has 0 aliphatic carbocycles. The van der Waals surface area contributed by atoms with Crippen LogP contribution in [0.1, 0.15) is 28.5 Å². The molecule has 0 N–H and O–H groups in total. The van der Waals surface area contributed by atoms with Crippen molar-refractivity contribution in [2.24, 2.45) is 0 Å². The Morgan fingerprint density at radius 1 is 1.27 bits per heavy atom. The Labute approximate surface area is 125 Å². The van der Waals surface area contributed by atoms with Gasteiger partial charge in [-0.1, -0.05) is 0 Å². The molecule has 0 fully saturated rings. The average Bonchev–Trinajstić information content (AvgIpc) is 2.35. The van der Waals surface area contributed by atoms with Crippen molar-refractivity contribution >= 4 is 17.6 Å². The number of aromatic nitrogens is 1. The number of rotatable bonds is 4. The molecule has 0 atom stereocenters. The van der Waals surface area contributed by atoms with Gasteiger partial charge in [0, 0.05) is 0 Å². The van der Waals surface area contributed by atoms with Crippen LogP contribution in [-0.2, 0) is 16.8 Å². The second kappa shape index (κ2) is 6.59. The summed E-state index contributed by atoms with van der Waals surface area (Å²) in [7, 11) is 0. The molecule has 1 rings (SSSR count). The van der Waals surface area contributed by atoms with Crippen LogP contribution in [0.15, 0.2) is 6.07 Å². The highest BCUT2D eigenvalue weighted by molar-refractivity contribution is 6.17. The van der Waals surface area contributed by atoms with E-state index in [1.54, 1.807) is 0 Å². The largest absolute Gasteiger partial charge is 0.574 e. The lowest BCUT2D eigenvalue weighted by Gasteiger charge is -2.16. The summed E-state index contributed by atoms with van der Waals surface area (Å²) in [5, 5.41) is 0. The molecule has 0 unspecified atom stereocenters. The number of ether oxygens (including phenoxy) is 2. The van der Waals surface area contributed by atoms with Gasteiger partial charge in [-0.15, -0.1) is 24.8 Å². The molecule has 0 aliphatic heterocycles. The monoisotopic (exact) mass is 351 g/mol. The van der Waals surface area contributed by atoms with Crippen molar-refractivity contribution < 1.29 is 40.6 Å². The number of alkyl halides is 7. The van der Waals surface area contributed by atoms with Crippen molar-refractivity contribution in [3.8, 4) is 5.88 Å². The second-order valence-corrected chi connectivity index (χ2v) is 4.00. The number of esters is 1. The first-order valence-electron chi connectivity index (χ1n) is 5.59. The average molecular weight is 352 g/mol. The molecule has 0 saturated heterocycles. The predicted molar refractivity (Wildman–Crippen MR) is 61.4 cm³/mol. The van der Waals surface area contributed by atoms with Crippen LogP contribution in [0.2, 0.25) is 0 Å². The summed E-state index contributed by atoms with van der Waals surface area (Å²) in [6, 6.07) is 0.170. The normalized spacial score (nSPS) is 12.2. The fraction of sp³-hybridized carbons (Fsp3) is 0.455. The quantitative estimate of drug-likeness (QED) is 0.469. The minimum atomic E-state index is -5.25. The van der Waals surface area contributed by atoms with Crippen LogP contribution in [0.4, 0.5) is 26.3 Å². The first-order chi connectivity index (χ1) is 9.99. The lowest BCUT2D eigenvalue weighted by Crippen LogP contribution is -2.22. The van der Waals surface area contributed by atoms with Crippen molar-refractivity contribution in [2.75, 3.05) is 6.61 Å². The standard InChI is InChI=1S/C11H8ClF6NO3/c1-2-21-9(20)5-3-6(10(13,14)15)7(4-12)19-8(5)22-11(16,17)18/h3H,2,4H2,1H3. The predicted octanol–water partition coefficient (Wildman–Crippen LogP) is 3.91. The molecule has 0 aliphatic rings. The van der Waals surface area contributed by atoms with Crippen LogP contribution in [0.5, 0.6) is 5.88 Å². The number of halogens is 7. The Kier molecular flexibility index (Phi) is 5.49. The van der Waals surface area contributed by atoms with Crippen LogP contribution in [0, 0.1) is 0 Å². The summed E-state index contributed by atoms with van der Waals surface area (Å²) in [6.45, 7) is 1.07. The van der Waals surface area contributed by atoms with Crippen LogP contribution in [0.3, 0.4) is 0 Å². The molecule has 1 aromatic rings. The van der Waals surface area contributed by atoms with Gasteiger partial charge in [0.05, 0.1) is 23.7 Å². The molecular formula is C11H8ClF6NO3. The zero-order chi connectivity index (χ0) is 17.1. The summed E-state index contributed by atoms with van der Waals surface area (Å²) in [4.78, 5) is 14.6. The molecule has 0 saturated carbocycles. The highest BCUT2D eigenvalue weighted by atomic mass is 35.5. The topological polar surface area (TPSA) is 48.4 Å². The summed E-state index contributed by atoms with van der Waals surface area (Å²) in [5.41, 5.74) is -3.44. The van der Waals surface area contributed by atoms with Gasteiger partial charge in [-0.25, -0.2) is 9.78 Å². The van der Waals surface area contributed by atoms with E-state index in [4.69, 9.17) is 11.6 Å². The highest BCUT2D eigenvalue weighted by Crippen LogP contribution is 2.36. The van der Waals surface area contributed by atoms with Crippen molar-refractivity contribution in [1.82, 2.24) is 4.98 Å².